The Bertz CT molecular complexity index is 486. The van der Waals surface area contributed by atoms with Crippen LogP contribution in [0.15, 0.2) is 30.5 Å². The first-order valence-electron chi connectivity index (χ1n) is 6.19. The lowest BCUT2D eigenvalue weighted by molar-refractivity contribution is -0.137. The van der Waals surface area contributed by atoms with Crippen LogP contribution in [0.5, 0.6) is 5.75 Å². The fraction of sp³-hybridized carbons (Fsp3) is 0.286. The molecular weight excluding hydrogens is 260 g/mol. The number of methoxy groups -OCH3 is 1. The molecule has 2 amide bonds. The second kappa shape index (κ2) is 8.58. The molecule has 1 rings (SSSR count). The second-order valence-corrected chi connectivity index (χ2v) is 3.97. The largest absolute Gasteiger partial charge is 0.496 e. The molecule has 1 aromatic carbocycles. The number of hydrogen-bond acceptors (Lipinski definition) is 3. The number of benzene rings is 1. The quantitative estimate of drug-likeness (QED) is 0.664. The van der Waals surface area contributed by atoms with Crippen LogP contribution in [0.2, 0.25) is 0 Å². The van der Waals surface area contributed by atoms with Gasteiger partial charge in [-0.15, -0.1) is 0 Å². The van der Waals surface area contributed by atoms with E-state index in [1.165, 1.54) is 6.20 Å². The zero-order valence-corrected chi connectivity index (χ0v) is 11.3. The highest BCUT2D eigenvalue weighted by molar-refractivity contribution is 5.76. The summed E-state index contributed by atoms with van der Waals surface area (Å²) in [6.45, 7) is 0.320. The molecule has 0 aliphatic carbocycles. The molecule has 0 heterocycles. The normalized spacial score (nSPS) is 10.2. The van der Waals surface area contributed by atoms with Gasteiger partial charge in [0.1, 0.15) is 5.75 Å². The topological polar surface area (TPSA) is 87.7 Å². The summed E-state index contributed by atoms with van der Waals surface area (Å²) in [5.41, 5.74) is 0.848. The maximum atomic E-state index is 11.4. The van der Waals surface area contributed by atoms with Crippen molar-refractivity contribution in [1.82, 2.24) is 10.6 Å². The number of ether oxygens (including phenoxy) is 1. The standard InChI is InChI=1S/C14H18N2O4/c1-20-12-6-3-2-5-11(12)8-10-16-14(19)15-9-4-7-13(17)18/h2-3,5-6,8,10H,4,7,9H2,1H3,(H,17,18)(H2,15,16,19)/b10-8+. The summed E-state index contributed by atoms with van der Waals surface area (Å²) in [6.07, 6.45) is 3.66. The van der Waals surface area contributed by atoms with Gasteiger partial charge < -0.3 is 20.5 Å². The van der Waals surface area contributed by atoms with Gasteiger partial charge in [0.25, 0.3) is 0 Å². The first-order valence-corrected chi connectivity index (χ1v) is 6.19. The Morgan fingerprint density at radius 1 is 1.35 bits per heavy atom. The third-order valence-corrected chi connectivity index (χ3v) is 2.47. The maximum Gasteiger partial charge on any atom is 0.318 e. The Balaban J connectivity index is 2.33. The van der Waals surface area contributed by atoms with Gasteiger partial charge in [-0.3, -0.25) is 4.79 Å². The van der Waals surface area contributed by atoms with Crippen LogP contribution in [0.1, 0.15) is 18.4 Å². The molecule has 0 radical (unpaired) electrons. The lowest BCUT2D eigenvalue weighted by atomic mass is 10.2. The molecule has 6 heteroatoms. The summed E-state index contributed by atoms with van der Waals surface area (Å²) < 4.78 is 5.17. The average Bonchev–Trinajstić information content (AvgIpc) is 2.44. The molecule has 6 nitrogen and oxygen atoms in total. The van der Waals surface area contributed by atoms with E-state index in [9.17, 15) is 9.59 Å². The molecular formula is C14H18N2O4. The van der Waals surface area contributed by atoms with Crippen molar-refractivity contribution in [2.75, 3.05) is 13.7 Å². The molecule has 0 saturated carbocycles. The fourth-order valence-corrected chi connectivity index (χ4v) is 1.50. The minimum Gasteiger partial charge on any atom is -0.496 e. The van der Waals surface area contributed by atoms with E-state index in [4.69, 9.17) is 9.84 Å². The summed E-state index contributed by atoms with van der Waals surface area (Å²) in [7, 11) is 1.58. The van der Waals surface area contributed by atoms with Crippen molar-refractivity contribution in [2.45, 2.75) is 12.8 Å². The van der Waals surface area contributed by atoms with E-state index in [2.05, 4.69) is 10.6 Å². The number of para-hydroxylation sites is 1. The minimum absolute atomic E-state index is 0.0390. The first-order chi connectivity index (χ1) is 9.63. The number of urea groups is 1. The summed E-state index contributed by atoms with van der Waals surface area (Å²) in [6, 6.07) is 7.04. The van der Waals surface area contributed by atoms with Crippen molar-refractivity contribution < 1.29 is 19.4 Å². The highest BCUT2D eigenvalue weighted by Gasteiger charge is 2.00. The molecule has 20 heavy (non-hydrogen) atoms. The third kappa shape index (κ3) is 5.90. The van der Waals surface area contributed by atoms with Crippen molar-refractivity contribution in [3.63, 3.8) is 0 Å². The molecule has 0 fully saturated rings. The molecule has 0 aliphatic rings. The lowest BCUT2D eigenvalue weighted by Crippen LogP contribution is -2.32. The molecule has 0 aromatic heterocycles. The molecule has 3 N–H and O–H groups in total. The van der Waals surface area contributed by atoms with E-state index in [1.807, 2.05) is 24.3 Å². The number of carbonyl (C=O) groups is 2. The van der Waals surface area contributed by atoms with Crippen LogP contribution in [0.25, 0.3) is 6.08 Å². The number of nitrogens with one attached hydrogen (secondary N) is 2. The molecule has 0 aliphatic heterocycles. The summed E-state index contributed by atoms with van der Waals surface area (Å²) in [5.74, 6) is -0.157. The van der Waals surface area contributed by atoms with Crippen molar-refractivity contribution in [2.24, 2.45) is 0 Å². The summed E-state index contributed by atoms with van der Waals surface area (Å²) >= 11 is 0. The van der Waals surface area contributed by atoms with E-state index in [-0.39, 0.29) is 12.5 Å². The van der Waals surface area contributed by atoms with E-state index >= 15 is 0 Å². The zero-order valence-electron chi connectivity index (χ0n) is 11.3. The van der Waals surface area contributed by atoms with Gasteiger partial charge >= 0.3 is 12.0 Å². The fourth-order valence-electron chi connectivity index (χ4n) is 1.50. The number of amides is 2. The van der Waals surface area contributed by atoms with Gasteiger partial charge in [0.2, 0.25) is 0 Å². The van der Waals surface area contributed by atoms with Gasteiger partial charge in [-0.2, -0.15) is 0 Å². The minimum atomic E-state index is -0.872. The summed E-state index contributed by atoms with van der Waals surface area (Å²) in [5, 5.41) is 13.5. The number of rotatable bonds is 7. The van der Waals surface area contributed by atoms with Crippen molar-refractivity contribution in [3.8, 4) is 5.75 Å². The Labute approximate surface area is 117 Å². The Morgan fingerprint density at radius 3 is 2.80 bits per heavy atom. The SMILES string of the molecule is COc1ccccc1/C=C/NC(=O)NCCCC(=O)O. The number of carbonyl (C=O) groups excluding carboxylic acids is 1. The molecule has 0 unspecified atom stereocenters. The van der Waals surface area contributed by atoms with Crippen molar-refractivity contribution in [3.05, 3.63) is 36.0 Å². The van der Waals surface area contributed by atoms with Gasteiger partial charge in [-0.1, -0.05) is 18.2 Å². The number of carboxylic acids is 1. The number of carboxylic acid groups (broad SMARTS) is 1. The van der Waals surface area contributed by atoms with Gasteiger partial charge in [0.15, 0.2) is 0 Å². The smallest absolute Gasteiger partial charge is 0.318 e. The van der Waals surface area contributed by atoms with Gasteiger partial charge in [0.05, 0.1) is 7.11 Å². The number of aliphatic carboxylic acids is 1. The molecule has 108 valence electrons. The first kappa shape index (κ1) is 15.6. The van der Waals surface area contributed by atoms with Gasteiger partial charge in [-0.05, 0) is 18.6 Å². The van der Waals surface area contributed by atoms with Crippen LogP contribution in [-0.4, -0.2) is 30.8 Å². The third-order valence-electron chi connectivity index (χ3n) is 2.47. The predicted octanol–water partition coefficient (Wildman–Crippen LogP) is 1.83. The Morgan fingerprint density at radius 2 is 2.10 bits per heavy atom. The molecule has 0 spiro atoms. The van der Waals surface area contributed by atoms with Gasteiger partial charge in [-0.25, -0.2) is 4.79 Å². The average molecular weight is 278 g/mol. The van der Waals surface area contributed by atoms with Crippen LogP contribution in [0.3, 0.4) is 0 Å². The molecule has 0 saturated heterocycles. The Hall–Kier alpha value is -2.50. The van der Waals surface area contributed by atoms with Crippen LogP contribution in [0, 0.1) is 0 Å². The zero-order chi connectivity index (χ0) is 14.8. The lowest BCUT2D eigenvalue weighted by Gasteiger charge is -2.05. The van der Waals surface area contributed by atoms with Gasteiger partial charge in [0, 0.05) is 24.7 Å². The van der Waals surface area contributed by atoms with Crippen LogP contribution < -0.4 is 15.4 Å². The summed E-state index contributed by atoms with van der Waals surface area (Å²) in [4.78, 5) is 21.7. The van der Waals surface area contributed by atoms with E-state index in [1.54, 1.807) is 13.2 Å². The molecule has 0 bridgehead atoms. The van der Waals surface area contributed by atoms with E-state index < -0.39 is 5.97 Å². The van der Waals surface area contributed by atoms with E-state index in [0.717, 1.165) is 5.56 Å². The highest BCUT2D eigenvalue weighted by atomic mass is 16.5. The van der Waals surface area contributed by atoms with E-state index in [0.29, 0.717) is 18.7 Å². The second-order valence-electron chi connectivity index (χ2n) is 3.97. The predicted molar refractivity (Wildman–Crippen MR) is 75.4 cm³/mol. The van der Waals surface area contributed by atoms with Crippen LogP contribution in [-0.2, 0) is 4.79 Å². The number of hydrogen-bond donors (Lipinski definition) is 3. The highest BCUT2D eigenvalue weighted by Crippen LogP contribution is 2.18. The van der Waals surface area contributed by atoms with Crippen LogP contribution in [0.4, 0.5) is 4.79 Å². The maximum absolute atomic E-state index is 11.4. The molecule has 0 atom stereocenters. The van der Waals surface area contributed by atoms with Crippen molar-refractivity contribution in [1.29, 1.82) is 0 Å². The van der Waals surface area contributed by atoms with Crippen molar-refractivity contribution >= 4 is 18.1 Å². The van der Waals surface area contributed by atoms with Crippen LogP contribution >= 0.6 is 0 Å². The Kier molecular flexibility index (Phi) is 6.67. The molecule has 1 aromatic rings. The monoisotopic (exact) mass is 278 g/mol.